The van der Waals surface area contributed by atoms with Crippen molar-refractivity contribution in [3.63, 3.8) is 0 Å². The van der Waals surface area contributed by atoms with E-state index in [0.717, 1.165) is 23.3 Å². The molecule has 3 aromatic rings. The van der Waals surface area contributed by atoms with Gasteiger partial charge in [0.1, 0.15) is 12.2 Å². The maximum Gasteiger partial charge on any atom is 0.190 e. The van der Waals surface area contributed by atoms with Crippen LogP contribution in [-0.4, -0.2) is 24.5 Å². The number of aromatic nitrogens is 2. The fourth-order valence-electron chi connectivity index (χ4n) is 2.82. The summed E-state index contributed by atoms with van der Waals surface area (Å²) in [5, 5.41) is 6.19. The summed E-state index contributed by atoms with van der Waals surface area (Å²) in [6.07, 6.45) is 1.85. The van der Waals surface area contributed by atoms with Crippen LogP contribution in [0.2, 0.25) is 25.7 Å². The number of hydrogen-bond donors (Lipinski definition) is 0. The highest BCUT2D eigenvalue weighted by atomic mass is 31.2. The van der Waals surface area contributed by atoms with Crippen molar-refractivity contribution in [1.82, 2.24) is 9.78 Å². The van der Waals surface area contributed by atoms with Crippen molar-refractivity contribution in [2.75, 3.05) is 6.61 Å². The summed E-state index contributed by atoms with van der Waals surface area (Å²) in [5.41, 5.74) is 0.591. The van der Waals surface area contributed by atoms with Crippen LogP contribution in [0.5, 0.6) is 0 Å². The second-order valence-electron chi connectivity index (χ2n) is 7.84. The Kier molecular flexibility index (Phi) is 6.15. The first-order valence-electron chi connectivity index (χ1n) is 9.23. The molecule has 0 bridgehead atoms. The fraction of sp³-hybridized carbons (Fsp3) is 0.286. The number of hydrogen-bond acceptors (Lipinski definition) is 3. The molecule has 0 aliphatic rings. The molecule has 0 amide bonds. The van der Waals surface area contributed by atoms with E-state index in [1.165, 1.54) is 0 Å². The van der Waals surface area contributed by atoms with E-state index < -0.39 is 15.2 Å². The van der Waals surface area contributed by atoms with Gasteiger partial charge in [-0.25, -0.2) is 4.68 Å². The van der Waals surface area contributed by atoms with Crippen molar-refractivity contribution in [2.45, 2.75) is 32.4 Å². The highest BCUT2D eigenvalue weighted by Gasteiger charge is 2.31. The molecule has 0 spiro atoms. The molecule has 2 aromatic carbocycles. The average molecular weight is 399 g/mol. The van der Waals surface area contributed by atoms with Crippen molar-refractivity contribution >= 4 is 31.3 Å². The van der Waals surface area contributed by atoms with Crippen LogP contribution in [-0.2, 0) is 16.0 Å². The fourth-order valence-corrected chi connectivity index (χ4v) is 6.10. The molecule has 0 atom stereocenters. The summed E-state index contributed by atoms with van der Waals surface area (Å²) in [4.78, 5) is 0. The largest absolute Gasteiger partial charge is 0.360 e. The maximum absolute atomic E-state index is 14.2. The van der Waals surface area contributed by atoms with Crippen LogP contribution in [0.1, 0.15) is 0 Å². The van der Waals surface area contributed by atoms with Crippen molar-refractivity contribution in [3.05, 3.63) is 72.9 Å². The topological polar surface area (TPSA) is 44.1 Å². The van der Waals surface area contributed by atoms with E-state index in [-0.39, 0.29) is 0 Å². The van der Waals surface area contributed by atoms with Gasteiger partial charge in [0.25, 0.3) is 0 Å². The monoisotopic (exact) mass is 398 g/mol. The third kappa shape index (κ3) is 4.86. The third-order valence-electron chi connectivity index (χ3n) is 4.41. The summed E-state index contributed by atoms with van der Waals surface area (Å²) in [6, 6.07) is 22.2. The van der Waals surface area contributed by atoms with Gasteiger partial charge in [-0.3, -0.25) is 0 Å². The molecular formula is C21H27N2O2PSi. The molecule has 1 heterocycles. The molecule has 4 nitrogen and oxygen atoms in total. The smallest absolute Gasteiger partial charge is 0.190 e. The lowest BCUT2D eigenvalue weighted by atomic mass is 10.4. The summed E-state index contributed by atoms with van der Waals surface area (Å²) < 4.78 is 21.7. The second-order valence-corrected chi connectivity index (χ2v) is 16.2. The third-order valence-corrected chi connectivity index (χ3v) is 9.05. The zero-order chi connectivity index (χ0) is 19.3. The van der Waals surface area contributed by atoms with E-state index in [9.17, 15) is 4.57 Å². The van der Waals surface area contributed by atoms with Gasteiger partial charge in [0.05, 0.1) is 0 Å². The van der Waals surface area contributed by atoms with Crippen LogP contribution in [0, 0.1) is 0 Å². The Hall–Kier alpha value is -1.94. The molecule has 142 valence electrons. The Morgan fingerprint density at radius 1 is 0.926 bits per heavy atom. The van der Waals surface area contributed by atoms with Crippen LogP contribution in [0.25, 0.3) is 0 Å². The maximum atomic E-state index is 14.2. The van der Waals surface area contributed by atoms with Gasteiger partial charge >= 0.3 is 0 Å². The Morgan fingerprint density at radius 2 is 1.48 bits per heavy atom. The molecule has 0 saturated heterocycles. The zero-order valence-corrected chi connectivity index (χ0v) is 18.1. The molecule has 3 rings (SSSR count). The quantitative estimate of drug-likeness (QED) is 0.329. The van der Waals surface area contributed by atoms with Gasteiger partial charge < -0.3 is 9.30 Å². The molecule has 0 fully saturated rings. The molecule has 0 N–H and O–H groups in total. The average Bonchev–Trinajstić information content (AvgIpc) is 3.15. The molecule has 0 saturated carbocycles. The van der Waals surface area contributed by atoms with Crippen LogP contribution in [0.4, 0.5) is 0 Å². The lowest BCUT2D eigenvalue weighted by Crippen LogP contribution is -2.26. The highest BCUT2D eigenvalue weighted by Crippen LogP contribution is 2.41. The zero-order valence-electron chi connectivity index (χ0n) is 16.2. The molecule has 27 heavy (non-hydrogen) atoms. The lowest BCUT2D eigenvalue weighted by molar-refractivity contribution is 0.0789. The van der Waals surface area contributed by atoms with Gasteiger partial charge in [0, 0.05) is 31.5 Å². The Balaban J connectivity index is 1.85. The molecule has 0 aliphatic carbocycles. The van der Waals surface area contributed by atoms with Gasteiger partial charge in [-0.15, -0.1) is 0 Å². The summed E-state index contributed by atoms with van der Waals surface area (Å²) >= 11 is 0. The van der Waals surface area contributed by atoms with E-state index in [4.69, 9.17) is 4.74 Å². The molecule has 0 unspecified atom stereocenters. The van der Waals surface area contributed by atoms with Gasteiger partial charge in [-0.05, 0) is 12.1 Å². The normalized spacial score (nSPS) is 12.3. The second kappa shape index (κ2) is 8.38. The number of benzene rings is 2. The van der Waals surface area contributed by atoms with Gasteiger partial charge in [-0.2, -0.15) is 5.10 Å². The highest BCUT2D eigenvalue weighted by molar-refractivity contribution is 7.85. The first-order valence-corrected chi connectivity index (χ1v) is 14.6. The van der Waals surface area contributed by atoms with Gasteiger partial charge in [0.2, 0.25) is 0 Å². The van der Waals surface area contributed by atoms with Gasteiger partial charge in [0.15, 0.2) is 7.14 Å². The Bertz CT molecular complexity index is 861. The standard InChI is InChI=1S/C21H27N2O2PSi/c1-27(2,3)17-16-25-18-23-15-14-21(22-23)26(24,19-10-6-4-7-11-19)20-12-8-5-9-13-20/h4-15H,16-18H2,1-3H3. The molecule has 1 aromatic heterocycles. The SMILES string of the molecule is C[Si](C)(C)CCOCn1ccc(P(=O)(c2ccccc2)c2ccccc2)n1. The van der Waals surface area contributed by atoms with Crippen molar-refractivity contribution in [2.24, 2.45) is 0 Å². The number of nitrogens with zero attached hydrogens (tertiary/aromatic N) is 2. The minimum atomic E-state index is -3.00. The lowest BCUT2D eigenvalue weighted by Gasteiger charge is -2.17. The van der Waals surface area contributed by atoms with E-state index in [1.807, 2.05) is 72.9 Å². The van der Waals surface area contributed by atoms with Crippen LogP contribution in [0.3, 0.4) is 0 Å². The minimum absolute atomic E-state index is 0.383. The summed E-state index contributed by atoms with van der Waals surface area (Å²) in [6.45, 7) is 8.11. The molecule has 0 radical (unpaired) electrons. The number of rotatable bonds is 8. The van der Waals surface area contributed by atoms with Crippen molar-refractivity contribution in [1.29, 1.82) is 0 Å². The van der Waals surface area contributed by atoms with Crippen LogP contribution < -0.4 is 16.0 Å². The van der Waals surface area contributed by atoms with E-state index in [1.54, 1.807) is 4.68 Å². The molecule has 6 heteroatoms. The first kappa shape index (κ1) is 19.8. The molecular weight excluding hydrogens is 371 g/mol. The van der Waals surface area contributed by atoms with E-state index in [2.05, 4.69) is 24.7 Å². The van der Waals surface area contributed by atoms with Crippen LogP contribution >= 0.6 is 7.14 Å². The number of ether oxygens (including phenoxy) is 1. The summed E-state index contributed by atoms with van der Waals surface area (Å²) in [5.74, 6) is 0. The minimum Gasteiger partial charge on any atom is -0.360 e. The Labute approximate surface area is 162 Å². The molecule has 0 aliphatic heterocycles. The first-order chi connectivity index (χ1) is 12.9. The van der Waals surface area contributed by atoms with Gasteiger partial charge in [-0.1, -0.05) is 80.3 Å². The van der Waals surface area contributed by atoms with E-state index >= 15 is 0 Å². The summed E-state index contributed by atoms with van der Waals surface area (Å²) in [7, 11) is -4.11. The predicted octanol–water partition coefficient (Wildman–Crippen LogP) is 3.83. The van der Waals surface area contributed by atoms with E-state index in [0.29, 0.717) is 12.2 Å². The predicted molar refractivity (Wildman–Crippen MR) is 116 cm³/mol. The van der Waals surface area contributed by atoms with Crippen molar-refractivity contribution < 1.29 is 9.30 Å². The Morgan fingerprint density at radius 3 is 2.00 bits per heavy atom. The van der Waals surface area contributed by atoms with Crippen LogP contribution in [0.15, 0.2) is 72.9 Å². The van der Waals surface area contributed by atoms with Crippen molar-refractivity contribution in [3.8, 4) is 0 Å².